The molecular formula is C23H30ClN3O4S2. The number of rotatable bonds is 9. The molecule has 0 saturated heterocycles. The monoisotopic (exact) mass is 511 g/mol. The van der Waals surface area contributed by atoms with Crippen molar-refractivity contribution in [3.8, 4) is 5.75 Å². The predicted octanol–water partition coefficient (Wildman–Crippen LogP) is 4.10. The lowest BCUT2D eigenvalue weighted by molar-refractivity contribution is -0.118. The number of nitrogens with zero attached hydrogens (tertiary/aromatic N) is 3. The van der Waals surface area contributed by atoms with Crippen molar-refractivity contribution in [1.82, 2.24) is 9.88 Å². The van der Waals surface area contributed by atoms with Gasteiger partial charge in [0.1, 0.15) is 5.75 Å². The zero-order valence-electron chi connectivity index (χ0n) is 19.5. The molecule has 0 aliphatic heterocycles. The fraction of sp³-hybridized carbons (Fsp3) is 0.391. The number of carbonyl (C=O) groups is 1. The number of fused-ring (bicyclic) bond motifs is 1. The maximum atomic E-state index is 13.1. The Balaban J connectivity index is 0.00000385. The van der Waals surface area contributed by atoms with Crippen LogP contribution >= 0.6 is 23.7 Å². The molecule has 1 amide bonds. The molecule has 3 aromatic rings. The molecule has 1 aromatic heterocycles. The summed E-state index contributed by atoms with van der Waals surface area (Å²) in [4.78, 5) is 21.6. The molecule has 0 spiro atoms. The second kappa shape index (κ2) is 11.3. The summed E-state index contributed by atoms with van der Waals surface area (Å²) >= 11 is 1.45. The smallest absolute Gasteiger partial charge is 0.229 e. The molecule has 0 fully saturated rings. The third-order valence-electron chi connectivity index (χ3n) is 5.30. The number of hydrogen-bond donors (Lipinski definition) is 0. The van der Waals surface area contributed by atoms with Crippen molar-refractivity contribution in [3.63, 3.8) is 0 Å². The summed E-state index contributed by atoms with van der Waals surface area (Å²) in [5, 5.41) is 0.596. The van der Waals surface area contributed by atoms with Gasteiger partial charge >= 0.3 is 0 Å². The fourth-order valence-corrected chi connectivity index (χ4v) is 5.49. The second-order valence-corrected chi connectivity index (χ2v) is 11.1. The molecule has 3 rings (SSSR count). The highest BCUT2D eigenvalue weighted by Crippen LogP contribution is 2.31. The van der Waals surface area contributed by atoms with Crippen LogP contribution in [0.4, 0.5) is 5.13 Å². The average molecular weight is 512 g/mol. The van der Waals surface area contributed by atoms with Gasteiger partial charge in [0, 0.05) is 19.5 Å². The van der Waals surface area contributed by atoms with E-state index in [9.17, 15) is 13.2 Å². The number of aromatic nitrogens is 1. The van der Waals surface area contributed by atoms with Gasteiger partial charge in [0.2, 0.25) is 5.91 Å². The standard InChI is InChI=1S/C23H29N3O4S2.ClH/c1-16-14-20-21(15-17(16)2)31-23(24-20)26(12-11-25(3)4)22(27)10-13-32(28,29)19-8-6-18(30-5)7-9-19;/h6-9,14-15H,10-13H2,1-5H3;1H. The highest BCUT2D eigenvalue weighted by Gasteiger charge is 2.23. The molecule has 0 radical (unpaired) electrons. The van der Waals surface area contributed by atoms with Crippen molar-refractivity contribution in [3.05, 3.63) is 47.5 Å². The van der Waals surface area contributed by atoms with Crippen LogP contribution < -0.4 is 9.64 Å². The van der Waals surface area contributed by atoms with Gasteiger partial charge in [-0.3, -0.25) is 9.69 Å². The molecule has 0 bridgehead atoms. The maximum absolute atomic E-state index is 13.1. The van der Waals surface area contributed by atoms with Crippen molar-refractivity contribution in [1.29, 1.82) is 0 Å². The fourth-order valence-electron chi connectivity index (χ4n) is 3.17. The molecule has 0 unspecified atom stereocenters. The Hall–Kier alpha value is -2.20. The molecule has 0 saturated carbocycles. The molecule has 7 nitrogen and oxygen atoms in total. The summed E-state index contributed by atoms with van der Waals surface area (Å²) < 4.78 is 31.6. The number of amides is 1. The van der Waals surface area contributed by atoms with Gasteiger partial charge in [0.05, 0.1) is 28.0 Å². The van der Waals surface area contributed by atoms with Crippen LogP contribution in [0.2, 0.25) is 0 Å². The lowest BCUT2D eigenvalue weighted by atomic mass is 10.1. The Labute approximate surface area is 205 Å². The van der Waals surface area contributed by atoms with Crippen LogP contribution in [-0.4, -0.2) is 64.3 Å². The molecule has 180 valence electrons. The second-order valence-electron chi connectivity index (χ2n) is 7.99. The van der Waals surface area contributed by atoms with E-state index in [-0.39, 0.29) is 35.4 Å². The molecule has 0 aliphatic carbocycles. The molecule has 0 atom stereocenters. The minimum Gasteiger partial charge on any atom is -0.497 e. The van der Waals surface area contributed by atoms with E-state index < -0.39 is 9.84 Å². The van der Waals surface area contributed by atoms with E-state index in [1.54, 1.807) is 17.0 Å². The topological polar surface area (TPSA) is 79.8 Å². The normalized spacial score (nSPS) is 11.5. The van der Waals surface area contributed by atoms with E-state index in [0.29, 0.717) is 24.0 Å². The number of halogens is 1. The lowest BCUT2D eigenvalue weighted by Gasteiger charge is -2.22. The van der Waals surface area contributed by atoms with Crippen LogP contribution in [0, 0.1) is 13.8 Å². The minimum absolute atomic E-state index is 0. The summed E-state index contributed by atoms with van der Waals surface area (Å²) in [7, 11) is 1.79. The van der Waals surface area contributed by atoms with Crippen LogP contribution in [0.1, 0.15) is 17.5 Å². The summed E-state index contributed by atoms with van der Waals surface area (Å²) in [5.74, 6) is 0.0624. The average Bonchev–Trinajstić information content (AvgIpc) is 3.14. The van der Waals surface area contributed by atoms with E-state index in [2.05, 4.69) is 11.1 Å². The van der Waals surface area contributed by atoms with Crippen molar-refractivity contribution in [2.45, 2.75) is 25.2 Å². The Kier molecular flexibility index (Phi) is 9.25. The van der Waals surface area contributed by atoms with Crippen LogP contribution in [0.15, 0.2) is 41.3 Å². The van der Waals surface area contributed by atoms with E-state index in [0.717, 1.165) is 15.8 Å². The summed E-state index contributed by atoms with van der Waals surface area (Å²) in [6, 6.07) is 10.3. The van der Waals surface area contributed by atoms with Crippen LogP contribution in [0.5, 0.6) is 5.75 Å². The first-order chi connectivity index (χ1) is 15.1. The number of sulfone groups is 1. The molecule has 1 heterocycles. The van der Waals surface area contributed by atoms with Gasteiger partial charge in [-0.05, 0) is 75.5 Å². The number of likely N-dealkylation sites (N-methyl/N-ethyl adjacent to an activating group) is 1. The first kappa shape index (κ1) is 27.0. The van der Waals surface area contributed by atoms with Gasteiger partial charge in [-0.1, -0.05) is 11.3 Å². The van der Waals surface area contributed by atoms with Gasteiger partial charge in [-0.2, -0.15) is 0 Å². The largest absolute Gasteiger partial charge is 0.497 e. The zero-order chi connectivity index (χ0) is 23.5. The first-order valence-electron chi connectivity index (χ1n) is 10.3. The molecule has 0 aliphatic rings. The predicted molar refractivity (Wildman–Crippen MR) is 137 cm³/mol. The number of carbonyl (C=O) groups excluding carboxylic acids is 1. The van der Waals surface area contributed by atoms with Gasteiger partial charge in [-0.25, -0.2) is 13.4 Å². The minimum atomic E-state index is -3.59. The Morgan fingerprint density at radius 3 is 2.30 bits per heavy atom. The number of thiazole rings is 1. The van der Waals surface area contributed by atoms with Crippen LogP contribution in [0.3, 0.4) is 0 Å². The highest BCUT2D eigenvalue weighted by molar-refractivity contribution is 7.91. The van der Waals surface area contributed by atoms with E-state index in [4.69, 9.17) is 4.74 Å². The van der Waals surface area contributed by atoms with Gasteiger partial charge in [-0.15, -0.1) is 12.4 Å². The van der Waals surface area contributed by atoms with Gasteiger partial charge in [0.15, 0.2) is 15.0 Å². The van der Waals surface area contributed by atoms with Gasteiger partial charge < -0.3 is 9.64 Å². The number of methoxy groups -OCH3 is 1. The number of ether oxygens (including phenoxy) is 1. The van der Waals surface area contributed by atoms with E-state index >= 15 is 0 Å². The summed E-state index contributed by atoms with van der Waals surface area (Å²) in [6.45, 7) is 5.16. The van der Waals surface area contributed by atoms with Gasteiger partial charge in [0.25, 0.3) is 0 Å². The highest BCUT2D eigenvalue weighted by atomic mass is 35.5. The quantitative estimate of drug-likeness (QED) is 0.430. The Morgan fingerprint density at radius 1 is 1.06 bits per heavy atom. The number of aryl methyl sites for hydroxylation is 2. The molecule has 2 aromatic carbocycles. The lowest BCUT2D eigenvalue weighted by Crippen LogP contribution is -2.37. The first-order valence-corrected chi connectivity index (χ1v) is 12.8. The van der Waals surface area contributed by atoms with Crippen LogP contribution in [0.25, 0.3) is 10.2 Å². The summed E-state index contributed by atoms with van der Waals surface area (Å²) in [5.41, 5.74) is 3.16. The number of hydrogen-bond acceptors (Lipinski definition) is 7. The molecule has 33 heavy (non-hydrogen) atoms. The van der Waals surface area contributed by atoms with Crippen molar-refractivity contribution in [2.75, 3.05) is 44.9 Å². The van der Waals surface area contributed by atoms with Crippen LogP contribution in [-0.2, 0) is 14.6 Å². The number of anilines is 1. The van der Waals surface area contributed by atoms with Crippen molar-refractivity contribution < 1.29 is 17.9 Å². The van der Waals surface area contributed by atoms with E-state index in [1.165, 1.54) is 36.1 Å². The number of benzene rings is 2. The Morgan fingerprint density at radius 2 is 1.70 bits per heavy atom. The maximum Gasteiger partial charge on any atom is 0.229 e. The molecule has 10 heteroatoms. The molecular weight excluding hydrogens is 482 g/mol. The zero-order valence-corrected chi connectivity index (χ0v) is 21.9. The SMILES string of the molecule is COc1ccc(S(=O)(=O)CCC(=O)N(CCN(C)C)c2nc3cc(C)c(C)cc3s2)cc1.Cl. The van der Waals surface area contributed by atoms with Crippen molar-refractivity contribution in [2.24, 2.45) is 0 Å². The summed E-state index contributed by atoms with van der Waals surface area (Å²) in [6.07, 6.45) is -0.115. The molecule has 0 N–H and O–H groups in total. The van der Waals surface area contributed by atoms with Crippen molar-refractivity contribution >= 4 is 54.8 Å². The third kappa shape index (κ3) is 6.66. The Bertz CT molecular complexity index is 1170. The third-order valence-corrected chi connectivity index (χ3v) is 8.07. The van der Waals surface area contributed by atoms with E-state index in [1.807, 2.05) is 38.9 Å².